The first kappa shape index (κ1) is 17.5. The molecule has 21 heavy (non-hydrogen) atoms. The Bertz CT molecular complexity index is 587. The predicted octanol–water partition coefficient (Wildman–Crippen LogP) is 1.51. The van der Waals surface area contributed by atoms with Crippen LogP contribution < -0.4 is 5.32 Å². The normalized spacial score (nSPS) is 13.8. The minimum atomic E-state index is -3.05. The Morgan fingerprint density at radius 2 is 2.10 bits per heavy atom. The lowest BCUT2D eigenvalue weighted by atomic mass is 10.2. The van der Waals surface area contributed by atoms with E-state index in [-0.39, 0.29) is 11.8 Å². The second kappa shape index (κ2) is 6.46. The standard InChI is InChI=1S/C13H23N3O4S/c1-10(15-12(17)20-13(2,3)4)11-8-14-9-16(11)6-7-21(5,18)19/h8-10H,6-7H2,1-5H3,(H,15,17)/t10-/m0/s1. The van der Waals surface area contributed by atoms with Gasteiger partial charge in [0.05, 0.1) is 30.0 Å². The molecule has 1 heterocycles. The molecule has 120 valence electrons. The molecule has 1 aromatic heterocycles. The number of carbonyl (C=O) groups is 1. The average molecular weight is 317 g/mol. The lowest BCUT2D eigenvalue weighted by Crippen LogP contribution is -2.34. The molecule has 0 aliphatic rings. The van der Waals surface area contributed by atoms with Crippen molar-refractivity contribution in [2.45, 2.75) is 45.9 Å². The van der Waals surface area contributed by atoms with E-state index >= 15 is 0 Å². The summed E-state index contributed by atoms with van der Waals surface area (Å²) < 4.78 is 29.3. The van der Waals surface area contributed by atoms with Gasteiger partial charge < -0.3 is 14.6 Å². The van der Waals surface area contributed by atoms with Crippen LogP contribution in [0.4, 0.5) is 4.79 Å². The van der Waals surface area contributed by atoms with Gasteiger partial charge >= 0.3 is 6.09 Å². The van der Waals surface area contributed by atoms with Crippen LogP contribution in [-0.2, 0) is 21.1 Å². The molecule has 0 aromatic carbocycles. The number of aryl methyl sites for hydroxylation is 1. The van der Waals surface area contributed by atoms with Gasteiger partial charge in [0.2, 0.25) is 0 Å². The average Bonchev–Trinajstić information content (AvgIpc) is 2.70. The Labute approximate surface area is 125 Å². The summed E-state index contributed by atoms with van der Waals surface area (Å²) >= 11 is 0. The van der Waals surface area contributed by atoms with Gasteiger partial charge in [-0.3, -0.25) is 0 Å². The van der Waals surface area contributed by atoms with Crippen LogP contribution in [0.3, 0.4) is 0 Å². The Hall–Kier alpha value is -1.57. The summed E-state index contributed by atoms with van der Waals surface area (Å²) in [7, 11) is -3.05. The molecule has 0 aliphatic carbocycles. The number of amides is 1. The lowest BCUT2D eigenvalue weighted by molar-refractivity contribution is 0.0506. The van der Waals surface area contributed by atoms with Gasteiger partial charge in [-0.1, -0.05) is 0 Å². The highest BCUT2D eigenvalue weighted by Crippen LogP contribution is 2.14. The Morgan fingerprint density at radius 3 is 2.62 bits per heavy atom. The molecule has 0 bridgehead atoms. The second-order valence-electron chi connectivity index (χ2n) is 6.01. The van der Waals surface area contributed by atoms with E-state index < -0.39 is 21.5 Å². The van der Waals surface area contributed by atoms with Gasteiger partial charge in [-0.05, 0) is 27.7 Å². The van der Waals surface area contributed by atoms with Crippen molar-refractivity contribution in [3.05, 3.63) is 18.2 Å². The number of rotatable bonds is 5. The molecule has 1 atom stereocenters. The van der Waals surface area contributed by atoms with Crippen LogP contribution >= 0.6 is 0 Å². The number of alkyl carbamates (subject to hydrolysis) is 1. The maximum absolute atomic E-state index is 11.7. The number of carbonyl (C=O) groups excluding carboxylic acids is 1. The van der Waals surface area contributed by atoms with Crippen molar-refractivity contribution in [1.29, 1.82) is 0 Å². The summed E-state index contributed by atoms with van der Waals surface area (Å²) in [5, 5.41) is 2.70. The third-order valence-corrected chi connectivity index (χ3v) is 3.55. The van der Waals surface area contributed by atoms with E-state index in [9.17, 15) is 13.2 Å². The minimum absolute atomic E-state index is 0.0233. The van der Waals surface area contributed by atoms with Gasteiger partial charge in [-0.15, -0.1) is 0 Å². The molecule has 0 saturated carbocycles. The largest absolute Gasteiger partial charge is 0.444 e. The number of sulfone groups is 1. The fraction of sp³-hybridized carbons (Fsp3) is 0.692. The van der Waals surface area contributed by atoms with Crippen molar-refractivity contribution in [2.24, 2.45) is 0 Å². The molecule has 0 unspecified atom stereocenters. The predicted molar refractivity (Wildman–Crippen MR) is 79.7 cm³/mol. The highest BCUT2D eigenvalue weighted by Gasteiger charge is 2.20. The number of imidazole rings is 1. The number of aromatic nitrogens is 2. The minimum Gasteiger partial charge on any atom is -0.444 e. The molecule has 7 nitrogen and oxygen atoms in total. The van der Waals surface area contributed by atoms with Crippen LogP contribution in [0.25, 0.3) is 0 Å². The summed E-state index contributed by atoms with van der Waals surface area (Å²) in [5.74, 6) is 0.0233. The molecule has 0 spiro atoms. The van der Waals surface area contributed by atoms with Gasteiger partial charge in [0.25, 0.3) is 0 Å². The van der Waals surface area contributed by atoms with E-state index in [1.807, 2.05) is 0 Å². The highest BCUT2D eigenvalue weighted by molar-refractivity contribution is 7.90. The monoisotopic (exact) mass is 317 g/mol. The maximum atomic E-state index is 11.7. The van der Waals surface area contributed by atoms with Crippen molar-refractivity contribution in [3.63, 3.8) is 0 Å². The molecule has 0 aliphatic heterocycles. The number of nitrogens with one attached hydrogen (secondary N) is 1. The first-order chi connectivity index (χ1) is 9.48. The van der Waals surface area contributed by atoms with Crippen molar-refractivity contribution < 1.29 is 17.9 Å². The summed E-state index contributed by atoms with van der Waals surface area (Å²) in [4.78, 5) is 15.7. The molecule has 0 fully saturated rings. The third kappa shape index (κ3) is 6.61. The van der Waals surface area contributed by atoms with E-state index in [0.29, 0.717) is 6.54 Å². The molecule has 1 aromatic rings. The first-order valence-electron chi connectivity index (χ1n) is 6.65. The van der Waals surface area contributed by atoms with Gasteiger partial charge in [-0.25, -0.2) is 18.2 Å². The van der Waals surface area contributed by atoms with Gasteiger partial charge in [-0.2, -0.15) is 0 Å². The van der Waals surface area contributed by atoms with Gasteiger partial charge in [0.1, 0.15) is 15.4 Å². The van der Waals surface area contributed by atoms with Crippen LogP contribution in [0.2, 0.25) is 0 Å². The van der Waals surface area contributed by atoms with Gasteiger partial charge in [0, 0.05) is 12.8 Å². The molecular weight excluding hydrogens is 294 g/mol. The Kier molecular flexibility index (Phi) is 5.38. The van der Waals surface area contributed by atoms with E-state index in [1.54, 1.807) is 44.8 Å². The number of hydrogen-bond acceptors (Lipinski definition) is 5. The lowest BCUT2D eigenvalue weighted by Gasteiger charge is -2.22. The van der Waals surface area contributed by atoms with Crippen molar-refractivity contribution in [3.8, 4) is 0 Å². The van der Waals surface area contributed by atoms with Crippen LogP contribution in [0.1, 0.15) is 39.4 Å². The third-order valence-electron chi connectivity index (χ3n) is 2.62. The quantitative estimate of drug-likeness (QED) is 0.889. The molecular formula is C13H23N3O4S. The summed E-state index contributed by atoms with van der Waals surface area (Å²) in [6.45, 7) is 7.45. The van der Waals surface area contributed by atoms with E-state index in [2.05, 4.69) is 10.3 Å². The topological polar surface area (TPSA) is 90.3 Å². The van der Waals surface area contributed by atoms with Crippen LogP contribution in [-0.4, -0.2) is 41.7 Å². The zero-order valence-corrected chi connectivity index (χ0v) is 13.9. The number of nitrogens with zero attached hydrogens (tertiary/aromatic N) is 2. The van der Waals surface area contributed by atoms with E-state index in [4.69, 9.17) is 4.74 Å². The SMILES string of the molecule is C[C@H](NC(=O)OC(C)(C)C)c1cncn1CCS(C)(=O)=O. The Morgan fingerprint density at radius 1 is 1.48 bits per heavy atom. The van der Waals surface area contributed by atoms with Crippen molar-refractivity contribution >= 4 is 15.9 Å². The fourth-order valence-electron chi connectivity index (χ4n) is 1.70. The fourth-order valence-corrected chi connectivity index (χ4v) is 2.23. The van der Waals surface area contributed by atoms with Crippen LogP contribution in [0, 0.1) is 0 Å². The molecule has 1 N–H and O–H groups in total. The van der Waals surface area contributed by atoms with Crippen molar-refractivity contribution in [1.82, 2.24) is 14.9 Å². The number of ether oxygens (including phenoxy) is 1. The summed E-state index contributed by atoms with van der Waals surface area (Å²) in [6, 6.07) is -0.332. The van der Waals surface area contributed by atoms with E-state index in [0.717, 1.165) is 5.69 Å². The molecule has 0 saturated heterocycles. The summed E-state index contributed by atoms with van der Waals surface area (Å²) in [6.07, 6.45) is 3.82. The molecule has 1 amide bonds. The van der Waals surface area contributed by atoms with Crippen LogP contribution in [0.15, 0.2) is 12.5 Å². The highest BCUT2D eigenvalue weighted by atomic mass is 32.2. The van der Waals surface area contributed by atoms with Gasteiger partial charge in [0.15, 0.2) is 0 Å². The van der Waals surface area contributed by atoms with Crippen LogP contribution in [0.5, 0.6) is 0 Å². The zero-order chi connectivity index (χ0) is 16.3. The summed E-state index contributed by atoms with van der Waals surface area (Å²) in [5.41, 5.74) is 0.157. The second-order valence-corrected chi connectivity index (χ2v) is 8.27. The first-order valence-corrected chi connectivity index (χ1v) is 8.71. The molecule has 1 rings (SSSR count). The molecule has 8 heteroatoms. The Balaban J connectivity index is 2.69. The zero-order valence-electron chi connectivity index (χ0n) is 13.1. The van der Waals surface area contributed by atoms with Crippen molar-refractivity contribution in [2.75, 3.05) is 12.0 Å². The number of hydrogen-bond donors (Lipinski definition) is 1. The maximum Gasteiger partial charge on any atom is 0.408 e. The van der Waals surface area contributed by atoms with E-state index in [1.165, 1.54) is 6.26 Å². The molecule has 0 radical (unpaired) electrons. The smallest absolute Gasteiger partial charge is 0.408 e.